The van der Waals surface area contributed by atoms with Crippen molar-refractivity contribution in [2.75, 3.05) is 5.75 Å². The van der Waals surface area contributed by atoms with Crippen LogP contribution in [0.25, 0.3) is 0 Å². The summed E-state index contributed by atoms with van der Waals surface area (Å²) in [5.41, 5.74) is 0. The van der Waals surface area contributed by atoms with Gasteiger partial charge in [0.25, 0.3) is 0 Å². The fraction of sp³-hybridized carbons (Fsp3) is 0.963. The number of hydrogen-bond donors (Lipinski definition) is 0. The monoisotopic (exact) mass is 686 g/mol. The zero-order valence-corrected chi connectivity index (χ0v) is 29.4. The van der Waals surface area contributed by atoms with Gasteiger partial charge in [-0.05, 0) is 0 Å². The molecule has 0 aromatic carbocycles. The van der Waals surface area contributed by atoms with Gasteiger partial charge in [0.1, 0.15) is 0 Å². The van der Waals surface area contributed by atoms with Gasteiger partial charge in [-0.15, -0.1) is 0 Å². The normalized spacial score (nSPS) is 12.3. The number of unbranched alkanes of at least 4 members (excludes halogenated alkanes) is 6. The SMILES string of the molecule is CCC[CH2][Sn]([CH2]CCC)([CH2]CCC)[O]C(=O)CC[S][Sn]([CH2]CCC)([CH2]CCC)[CH2]CCC. The zero-order chi connectivity index (χ0) is 24.1. The van der Waals surface area contributed by atoms with Crippen molar-refractivity contribution in [1.29, 1.82) is 0 Å². The van der Waals surface area contributed by atoms with E-state index in [0.717, 1.165) is 5.75 Å². The summed E-state index contributed by atoms with van der Waals surface area (Å²) < 4.78 is 14.9. The summed E-state index contributed by atoms with van der Waals surface area (Å²) in [6.45, 7) is 13.9. The second kappa shape index (κ2) is 21.7. The van der Waals surface area contributed by atoms with Crippen LogP contribution in [0.2, 0.25) is 26.6 Å². The quantitative estimate of drug-likeness (QED) is 0.100. The van der Waals surface area contributed by atoms with E-state index in [4.69, 9.17) is 3.07 Å². The van der Waals surface area contributed by atoms with E-state index in [0.29, 0.717) is 6.42 Å². The Morgan fingerprint density at radius 1 is 0.594 bits per heavy atom. The van der Waals surface area contributed by atoms with Crippen LogP contribution >= 0.6 is 8.95 Å². The number of carbonyl (C=O) groups is 1. The van der Waals surface area contributed by atoms with Gasteiger partial charge in [0, 0.05) is 0 Å². The van der Waals surface area contributed by atoms with Gasteiger partial charge in [-0.2, -0.15) is 0 Å². The molecule has 0 aromatic heterocycles. The third-order valence-electron chi connectivity index (χ3n) is 6.96. The van der Waals surface area contributed by atoms with Gasteiger partial charge in [0.2, 0.25) is 0 Å². The first kappa shape index (κ1) is 33.4. The molecule has 0 aliphatic carbocycles. The Morgan fingerprint density at radius 3 is 1.28 bits per heavy atom. The molecule has 32 heavy (non-hydrogen) atoms. The molecule has 5 heteroatoms. The van der Waals surface area contributed by atoms with Crippen molar-refractivity contribution in [2.24, 2.45) is 0 Å². The van der Waals surface area contributed by atoms with Gasteiger partial charge < -0.3 is 0 Å². The summed E-state index contributed by atoms with van der Waals surface area (Å²) in [4.78, 5) is 13.1. The Balaban J connectivity index is 5.11. The fourth-order valence-corrected chi connectivity index (χ4v) is 41.0. The van der Waals surface area contributed by atoms with Gasteiger partial charge in [-0.25, -0.2) is 0 Å². The molecule has 0 radical (unpaired) electrons. The van der Waals surface area contributed by atoms with Crippen molar-refractivity contribution in [1.82, 2.24) is 0 Å². The van der Waals surface area contributed by atoms with E-state index >= 15 is 0 Å². The van der Waals surface area contributed by atoms with E-state index in [-0.39, 0.29) is 5.97 Å². The first-order valence-corrected chi connectivity index (χ1v) is 32.1. The predicted molar refractivity (Wildman–Crippen MR) is 153 cm³/mol. The van der Waals surface area contributed by atoms with Crippen LogP contribution in [-0.2, 0) is 7.87 Å². The number of hydrogen-bond acceptors (Lipinski definition) is 3. The average Bonchev–Trinajstić information content (AvgIpc) is 2.80. The first-order valence-electron chi connectivity index (χ1n) is 14.3. The number of rotatable bonds is 23. The van der Waals surface area contributed by atoms with Gasteiger partial charge in [0.15, 0.2) is 0 Å². The molecule has 0 rings (SSSR count). The van der Waals surface area contributed by atoms with Crippen LogP contribution in [0.3, 0.4) is 0 Å². The van der Waals surface area contributed by atoms with Crippen molar-refractivity contribution in [2.45, 2.75) is 152 Å². The summed E-state index contributed by atoms with van der Waals surface area (Å²) in [5, 5.41) is 0. The minimum absolute atomic E-state index is 0.179. The molecule has 0 spiro atoms. The second-order valence-corrected chi connectivity index (χ2v) is 41.7. The molecule has 0 bridgehead atoms. The molecule has 0 saturated heterocycles. The third kappa shape index (κ3) is 15.4. The Kier molecular flexibility index (Phi) is 22.6. The summed E-state index contributed by atoms with van der Waals surface area (Å²) in [7, 11) is 2.33. The Hall–Kier alpha value is 1.42. The van der Waals surface area contributed by atoms with Gasteiger partial charge in [-0.1, -0.05) is 0 Å². The topological polar surface area (TPSA) is 26.3 Å². The standard InChI is InChI=1S/6C4H9.C3H6O2S.2Sn/c6*1-3-4-2;4-3(5)1-2-6;;/h6*1,3-4H2,2H3;6H,1-2H2,(H,4,5);;/q;;;;;;;2*+1/p-2. The molecule has 0 fully saturated rings. The minimum atomic E-state index is -2.80. The van der Waals surface area contributed by atoms with Crippen LogP contribution in [0.4, 0.5) is 0 Å². The van der Waals surface area contributed by atoms with Crippen LogP contribution in [0, 0.1) is 0 Å². The predicted octanol–water partition coefficient (Wildman–Crippen LogP) is 10.3. The molecule has 0 saturated carbocycles. The van der Waals surface area contributed by atoms with Gasteiger partial charge >= 0.3 is 216 Å². The third-order valence-corrected chi connectivity index (χ3v) is 42.6. The van der Waals surface area contributed by atoms with Crippen molar-refractivity contribution >= 4 is 50.7 Å². The van der Waals surface area contributed by atoms with Crippen LogP contribution < -0.4 is 0 Å². The van der Waals surface area contributed by atoms with Crippen molar-refractivity contribution in [3.63, 3.8) is 0 Å². The van der Waals surface area contributed by atoms with E-state index in [1.807, 2.05) is 0 Å². The van der Waals surface area contributed by atoms with E-state index < -0.39 is 35.8 Å². The molecule has 0 atom stereocenters. The summed E-state index contributed by atoms with van der Waals surface area (Å²) in [5.74, 6) is 1.22. The summed E-state index contributed by atoms with van der Waals surface area (Å²) in [6.07, 6.45) is 16.3. The molecule has 0 aliphatic heterocycles. The van der Waals surface area contributed by atoms with Crippen LogP contribution in [0.15, 0.2) is 0 Å². The first-order chi connectivity index (χ1) is 15.5. The molecule has 0 N–H and O–H groups in total. The zero-order valence-electron chi connectivity index (χ0n) is 22.9. The molecule has 0 heterocycles. The Labute approximate surface area is 214 Å². The molecule has 0 aliphatic rings. The van der Waals surface area contributed by atoms with E-state index in [1.165, 1.54) is 104 Å². The van der Waals surface area contributed by atoms with E-state index in [9.17, 15) is 4.79 Å². The van der Waals surface area contributed by atoms with Crippen LogP contribution in [0.5, 0.6) is 0 Å². The second-order valence-electron chi connectivity index (χ2n) is 10.1. The van der Waals surface area contributed by atoms with Gasteiger partial charge in [0.05, 0.1) is 0 Å². The summed E-state index contributed by atoms with van der Waals surface area (Å²) >= 11 is -5.00. The Morgan fingerprint density at radius 2 is 0.938 bits per heavy atom. The molecular formula is C27H58O2SSn2. The molecule has 0 aromatic rings. The molecule has 0 unspecified atom stereocenters. The Bertz CT molecular complexity index is 402. The molecule has 0 amide bonds. The fourth-order valence-electron chi connectivity index (χ4n) is 4.76. The molecular weight excluding hydrogens is 626 g/mol. The van der Waals surface area contributed by atoms with Gasteiger partial charge in [-0.3, -0.25) is 0 Å². The maximum absolute atomic E-state index is 13.1. The number of carbonyl (C=O) groups excluding carboxylic acids is 1. The maximum atomic E-state index is 13.1. The average molecular weight is 684 g/mol. The molecule has 2 nitrogen and oxygen atoms in total. The van der Waals surface area contributed by atoms with Crippen molar-refractivity contribution in [3.8, 4) is 0 Å². The van der Waals surface area contributed by atoms with E-state index in [1.54, 1.807) is 0 Å². The van der Waals surface area contributed by atoms with Crippen molar-refractivity contribution in [3.05, 3.63) is 0 Å². The van der Waals surface area contributed by atoms with E-state index in [2.05, 4.69) is 50.5 Å². The van der Waals surface area contributed by atoms with Crippen LogP contribution in [-0.4, -0.2) is 47.5 Å². The van der Waals surface area contributed by atoms with Crippen LogP contribution in [0.1, 0.15) is 125 Å². The summed E-state index contributed by atoms with van der Waals surface area (Å²) in [6, 6.07) is 0. The van der Waals surface area contributed by atoms with Crippen molar-refractivity contribution < 1.29 is 7.87 Å². The molecule has 192 valence electrons.